The molecule has 0 N–H and O–H groups in total. The first-order valence-corrected chi connectivity index (χ1v) is 7.28. The lowest BCUT2D eigenvalue weighted by atomic mass is 9.96. The van der Waals surface area contributed by atoms with Crippen LogP contribution in [0.25, 0.3) is 22.2 Å². The lowest BCUT2D eigenvalue weighted by Crippen LogP contribution is -2.18. The number of hydrogen-bond donors (Lipinski definition) is 0. The molecule has 1 aliphatic rings. The average molecular weight is 315 g/mol. The average Bonchev–Trinajstić information content (AvgIpc) is 2.53. The van der Waals surface area contributed by atoms with E-state index in [2.05, 4.69) is 0 Å². The van der Waals surface area contributed by atoms with E-state index in [1.807, 2.05) is 28.8 Å². The molecule has 1 aliphatic heterocycles. The number of fused-ring (bicyclic) bond motifs is 5. The fourth-order valence-electron chi connectivity index (χ4n) is 3.23. The predicted octanol–water partition coefficient (Wildman–Crippen LogP) is 4.24. The summed E-state index contributed by atoms with van der Waals surface area (Å²) in [6.45, 7) is 0.560. The van der Waals surface area contributed by atoms with E-state index in [9.17, 15) is 18.0 Å². The first-order valence-electron chi connectivity index (χ1n) is 7.28. The van der Waals surface area contributed by atoms with Gasteiger partial charge in [0.2, 0.25) is 0 Å². The highest BCUT2D eigenvalue weighted by atomic mass is 19.4. The van der Waals surface area contributed by atoms with Gasteiger partial charge in [0.25, 0.3) is 0 Å². The van der Waals surface area contributed by atoms with Crippen LogP contribution in [0.3, 0.4) is 0 Å². The molecule has 0 aliphatic carbocycles. The number of aryl methyl sites for hydroxylation is 2. The topological polar surface area (TPSA) is 22.0 Å². The Morgan fingerprint density at radius 2 is 1.78 bits per heavy atom. The molecule has 4 rings (SSSR count). The van der Waals surface area contributed by atoms with Crippen LogP contribution in [0.1, 0.15) is 11.1 Å². The van der Waals surface area contributed by atoms with Crippen molar-refractivity contribution in [2.24, 2.45) is 0 Å². The summed E-state index contributed by atoms with van der Waals surface area (Å²) in [6, 6.07) is 12.5. The van der Waals surface area contributed by atoms with Gasteiger partial charge in [-0.25, -0.2) is 0 Å². The molecular formula is C18H12F3NO. The summed E-state index contributed by atoms with van der Waals surface area (Å²) in [5.41, 5.74) is 2.06. The Morgan fingerprint density at radius 1 is 1.00 bits per heavy atom. The Labute approximate surface area is 129 Å². The third kappa shape index (κ3) is 2.15. The Bertz CT molecular complexity index is 986. The van der Waals surface area contributed by atoms with Crippen LogP contribution in [-0.2, 0) is 19.1 Å². The lowest BCUT2D eigenvalue weighted by Gasteiger charge is -2.24. The molecule has 2 aromatic carbocycles. The molecule has 116 valence electrons. The van der Waals surface area contributed by atoms with Gasteiger partial charge in [0.05, 0.1) is 16.8 Å². The van der Waals surface area contributed by atoms with Gasteiger partial charge in [0.15, 0.2) is 5.43 Å². The van der Waals surface area contributed by atoms with Crippen molar-refractivity contribution in [3.8, 4) is 11.3 Å². The van der Waals surface area contributed by atoms with Crippen LogP contribution in [0.4, 0.5) is 13.2 Å². The number of hydrogen-bond acceptors (Lipinski definition) is 1. The summed E-state index contributed by atoms with van der Waals surface area (Å²) >= 11 is 0. The first kappa shape index (κ1) is 14.1. The van der Waals surface area contributed by atoms with Gasteiger partial charge in [-0.2, -0.15) is 13.2 Å². The molecule has 0 saturated carbocycles. The van der Waals surface area contributed by atoms with Crippen LogP contribution < -0.4 is 5.43 Å². The van der Waals surface area contributed by atoms with Crippen molar-refractivity contribution < 1.29 is 13.2 Å². The third-order valence-electron chi connectivity index (χ3n) is 4.34. The van der Waals surface area contributed by atoms with Crippen molar-refractivity contribution in [3.63, 3.8) is 0 Å². The molecular weight excluding hydrogens is 303 g/mol. The normalized spacial score (nSPS) is 13.7. The number of pyridine rings is 1. The summed E-state index contributed by atoms with van der Waals surface area (Å²) in [4.78, 5) is 12.3. The highest BCUT2D eigenvalue weighted by Crippen LogP contribution is 2.34. The number of aromatic nitrogens is 1. The maximum Gasteiger partial charge on any atom is 0.416 e. The molecule has 0 amide bonds. The Morgan fingerprint density at radius 3 is 2.57 bits per heavy atom. The second-order valence-electron chi connectivity index (χ2n) is 5.68. The van der Waals surface area contributed by atoms with Gasteiger partial charge in [0.1, 0.15) is 0 Å². The van der Waals surface area contributed by atoms with Crippen molar-refractivity contribution in [1.82, 2.24) is 4.57 Å². The van der Waals surface area contributed by atoms with Gasteiger partial charge in [-0.15, -0.1) is 0 Å². The van der Waals surface area contributed by atoms with Gasteiger partial charge in [-0.1, -0.05) is 24.3 Å². The minimum Gasteiger partial charge on any atom is -0.340 e. The fourth-order valence-corrected chi connectivity index (χ4v) is 3.23. The smallest absolute Gasteiger partial charge is 0.340 e. The van der Waals surface area contributed by atoms with Gasteiger partial charge in [-0.3, -0.25) is 4.79 Å². The maximum absolute atomic E-state index is 13.0. The zero-order valence-corrected chi connectivity index (χ0v) is 12.0. The van der Waals surface area contributed by atoms with Crippen LogP contribution in [-0.4, -0.2) is 4.57 Å². The van der Waals surface area contributed by atoms with E-state index in [1.54, 1.807) is 0 Å². The maximum atomic E-state index is 13.0. The fraction of sp³-hybridized carbons (Fsp3) is 0.167. The van der Waals surface area contributed by atoms with E-state index in [0.717, 1.165) is 29.7 Å². The van der Waals surface area contributed by atoms with Crippen LogP contribution in [0.15, 0.2) is 53.3 Å². The summed E-state index contributed by atoms with van der Waals surface area (Å²) in [5, 5.41) is 0.320. The number of nitrogens with zero attached hydrogens (tertiary/aromatic N) is 1. The second kappa shape index (κ2) is 4.72. The van der Waals surface area contributed by atoms with E-state index in [-0.39, 0.29) is 5.43 Å². The number of rotatable bonds is 0. The van der Waals surface area contributed by atoms with Crippen molar-refractivity contribution >= 4 is 10.9 Å². The molecule has 23 heavy (non-hydrogen) atoms. The number of halogens is 3. The summed E-state index contributed by atoms with van der Waals surface area (Å²) in [5.74, 6) is 0. The van der Waals surface area contributed by atoms with Gasteiger partial charge in [-0.05, 0) is 30.2 Å². The largest absolute Gasteiger partial charge is 0.416 e. The Hall–Kier alpha value is -2.56. The highest BCUT2D eigenvalue weighted by Gasteiger charge is 2.31. The quantitative estimate of drug-likeness (QED) is 0.608. The summed E-state index contributed by atoms with van der Waals surface area (Å²) < 4.78 is 40.8. The summed E-state index contributed by atoms with van der Waals surface area (Å²) in [7, 11) is 0. The van der Waals surface area contributed by atoms with Gasteiger partial charge < -0.3 is 4.57 Å². The van der Waals surface area contributed by atoms with Crippen molar-refractivity contribution in [2.45, 2.75) is 19.1 Å². The third-order valence-corrected chi connectivity index (χ3v) is 4.34. The summed E-state index contributed by atoms with van der Waals surface area (Å²) in [6.07, 6.45) is -3.69. The zero-order chi connectivity index (χ0) is 16.2. The van der Waals surface area contributed by atoms with E-state index in [4.69, 9.17) is 0 Å². The molecule has 0 saturated heterocycles. The van der Waals surface area contributed by atoms with Crippen molar-refractivity contribution in [2.75, 3.05) is 0 Å². The predicted molar refractivity (Wildman–Crippen MR) is 82.4 cm³/mol. The molecule has 3 aromatic rings. The Kier molecular flexibility index (Phi) is 2.88. The molecule has 0 unspecified atom stereocenters. The number of benzene rings is 2. The molecule has 0 atom stereocenters. The van der Waals surface area contributed by atoms with Crippen molar-refractivity contribution in [1.29, 1.82) is 0 Å². The standard InChI is InChI=1S/C18H12F3NO/c19-18(20,21)12-5-6-14-15(9-12)22-8-7-11-3-1-2-4-13(11)16(22)10-17(14)23/h1-6,9-10H,7-8H2. The molecule has 2 heterocycles. The molecule has 2 nitrogen and oxygen atoms in total. The van der Waals surface area contributed by atoms with Crippen LogP contribution in [0.5, 0.6) is 0 Å². The molecule has 0 radical (unpaired) electrons. The molecule has 0 bridgehead atoms. The lowest BCUT2D eigenvalue weighted by molar-refractivity contribution is -0.137. The molecule has 1 aromatic heterocycles. The highest BCUT2D eigenvalue weighted by molar-refractivity contribution is 5.84. The van der Waals surface area contributed by atoms with Gasteiger partial charge >= 0.3 is 6.18 Å². The zero-order valence-electron chi connectivity index (χ0n) is 12.0. The van der Waals surface area contributed by atoms with Crippen molar-refractivity contribution in [3.05, 3.63) is 69.9 Å². The molecule has 0 spiro atoms. The second-order valence-corrected chi connectivity index (χ2v) is 5.68. The SMILES string of the molecule is O=c1cc2n(c3cc(C(F)(F)F)ccc13)CCc1ccccc1-2. The minimum atomic E-state index is -4.42. The Balaban J connectivity index is 2.08. The van der Waals surface area contributed by atoms with Crippen LogP contribution in [0, 0.1) is 0 Å². The van der Waals surface area contributed by atoms with E-state index < -0.39 is 11.7 Å². The van der Waals surface area contributed by atoms with E-state index >= 15 is 0 Å². The minimum absolute atomic E-state index is 0.253. The first-order chi connectivity index (χ1) is 10.9. The van der Waals surface area contributed by atoms with Crippen LogP contribution in [0.2, 0.25) is 0 Å². The van der Waals surface area contributed by atoms with E-state index in [1.165, 1.54) is 12.1 Å². The monoisotopic (exact) mass is 315 g/mol. The molecule has 0 fully saturated rings. The van der Waals surface area contributed by atoms with Crippen LogP contribution >= 0.6 is 0 Å². The number of alkyl halides is 3. The van der Waals surface area contributed by atoms with E-state index in [0.29, 0.717) is 23.1 Å². The van der Waals surface area contributed by atoms with Gasteiger partial charge in [0, 0.05) is 23.6 Å². The molecule has 5 heteroatoms.